The van der Waals surface area contributed by atoms with E-state index in [4.69, 9.17) is 4.74 Å². The standard InChI is InChI=1S/C13H20N2O.2ClH/c1-14-9-13-11-15(7-8-16-13)10-12-5-3-2-4-6-12;;/h2-6,13-14H,7-11H2,1H3;2*1H. The summed E-state index contributed by atoms with van der Waals surface area (Å²) in [4.78, 5) is 2.46. The molecule has 104 valence electrons. The van der Waals surface area contributed by atoms with Crippen molar-refractivity contribution in [3.63, 3.8) is 0 Å². The number of rotatable bonds is 4. The van der Waals surface area contributed by atoms with Crippen LogP contribution in [-0.2, 0) is 11.3 Å². The molecule has 5 heteroatoms. The van der Waals surface area contributed by atoms with Gasteiger partial charge in [0, 0.05) is 26.2 Å². The van der Waals surface area contributed by atoms with Crippen molar-refractivity contribution in [1.82, 2.24) is 10.2 Å². The highest BCUT2D eigenvalue weighted by Crippen LogP contribution is 2.09. The SMILES string of the molecule is CNCC1CN(Cc2ccccc2)CCO1.Cl.Cl. The molecule has 0 aliphatic carbocycles. The second-order valence-corrected chi connectivity index (χ2v) is 4.27. The Kier molecular flexibility index (Phi) is 9.42. The summed E-state index contributed by atoms with van der Waals surface area (Å²) >= 11 is 0. The molecule has 0 saturated carbocycles. The minimum atomic E-state index is 0. The quantitative estimate of drug-likeness (QED) is 0.918. The molecule has 1 saturated heterocycles. The second kappa shape index (κ2) is 9.59. The van der Waals surface area contributed by atoms with Gasteiger partial charge in [-0.1, -0.05) is 30.3 Å². The number of hydrogen-bond acceptors (Lipinski definition) is 3. The van der Waals surface area contributed by atoms with Gasteiger partial charge in [0.15, 0.2) is 0 Å². The topological polar surface area (TPSA) is 24.5 Å². The van der Waals surface area contributed by atoms with Gasteiger partial charge in [-0.15, -0.1) is 24.8 Å². The molecule has 0 spiro atoms. The predicted octanol–water partition coefficient (Wildman–Crippen LogP) is 1.95. The Morgan fingerprint density at radius 3 is 2.67 bits per heavy atom. The molecular weight excluding hydrogens is 271 g/mol. The zero-order valence-electron chi connectivity index (χ0n) is 10.7. The lowest BCUT2D eigenvalue weighted by molar-refractivity contribution is -0.0291. The summed E-state index contributed by atoms with van der Waals surface area (Å²) in [5, 5.41) is 3.17. The van der Waals surface area contributed by atoms with Gasteiger partial charge in [0.05, 0.1) is 12.7 Å². The molecule has 1 atom stereocenters. The fourth-order valence-corrected chi connectivity index (χ4v) is 2.12. The van der Waals surface area contributed by atoms with Crippen LogP contribution in [0.2, 0.25) is 0 Å². The van der Waals surface area contributed by atoms with Crippen LogP contribution in [0.1, 0.15) is 5.56 Å². The van der Waals surface area contributed by atoms with Gasteiger partial charge in [0.25, 0.3) is 0 Å². The average Bonchev–Trinajstić information content (AvgIpc) is 2.31. The molecule has 0 radical (unpaired) electrons. The third-order valence-electron chi connectivity index (χ3n) is 2.90. The number of likely N-dealkylation sites (N-methyl/N-ethyl adjacent to an activating group) is 1. The zero-order valence-corrected chi connectivity index (χ0v) is 12.3. The Balaban J connectivity index is 0.00000144. The van der Waals surface area contributed by atoms with Crippen molar-refractivity contribution in [3.8, 4) is 0 Å². The predicted molar refractivity (Wildman–Crippen MR) is 79.9 cm³/mol. The molecule has 1 aliphatic rings. The van der Waals surface area contributed by atoms with Crippen LogP contribution in [0.15, 0.2) is 30.3 Å². The van der Waals surface area contributed by atoms with E-state index < -0.39 is 0 Å². The molecule has 3 nitrogen and oxygen atoms in total. The average molecular weight is 293 g/mol. The molecule has 18 heavy (non-hydrogen) atoms. The molecule has 1 heterocycles. The number of halogens is 2. The Morgan fingerprint density at radius 1 is 1.28 bits per heavy atom. The normalized spacial score (nSPS) is 19.7. The van der Waals surface area contributed by atoms with Crippen LogP contribution < -0.4 is 5.32 Å². The van der Waals surface area contributed by atoms with E-state index in [0.29, 0.717) is 6.10 Å². The number of ether oxygens (including phenoxy) is 1. The number of morpholine rings is 1. The Bertz CT molecular complexity index is 309. The van der Waals surface area contributed by atoms with E-state index in [9.17, 15) is 0 Å². The van der Waals surface area contributed by atoms with Crippen LogP contribution >= 0.6 is 24.8 Å². The van der Waals surface area contributed by atoms with Gasteiger partial charge in [-0.05, 0) is 12.6 Å². The van der Waals surface area contributed by atoms with Gasteiger partial charge in [0.2, 0.25) is 0 Å². The van der Waals surface area contributed by atoms with Crippen molar-refractivity contribution in [3.05, 3.63) is 35.9 Å². The van der Waals surface area contributed by atoms with E-state index in [-0.39, 0.29) is 24.8 Å². The molecular formula is C13H22Cl2N2O. The van der Waals surface area contributed by atoms with E-state index in [1.54, 1.807) is 0 Å². The molecule has 2 rings (SSSR count). The fraction of sp³-hybridized carbons (Fsp3) is 0.538. The van der Waals surface area contributed by atoms with E-state index in [1.807, 2.05) is 7.05 Å². The Morgan fingerprint density at radius 2 is 2.00 bits per heavy atom. The highest BCUT2D eigenvalue weighted by Gasteiger charge is 2.19. The first-order chi connectivity index (χ1) is 7.88. The van der Waals surface area contributed by atoms with Crippen molar-refractivity contribution in [2.24, 2.45) is 0 Å². The van der Waals surface area contributed by atoms with E-state index in [0.717, 1.165) is 32.8 Å². The third-order valence-corrected chi connectivity index (χ3v) is 2.90. The first-order valence-corrected chi connectivity index (χ1v) is 5.91. The van der Waals surface area contributed by atoms with Crippen molar-refractivity contribution in [2.45, 2.75) is 12.6 Å². The van der Waals surface area contributed by atoms with E-state index in [2.05, 4.69) is 40.5 Å². The molecule has 0 amide bonds. The first kappa shape index (κ1) is 17.7. The molecule has 1 aromatic rings. The number of nitrogens with one attached hydrogen (secondary N) is 1. The smallest absolute Gasteiger partial charge is 0.0826 e. The van der Waals surface area contributed by atoms with E-state index >= 15 is 0 Å². The molecule has 1 fully saturated rings. The highest BCUT2D eigenvalue weighted by atomic mass is 35.5. The van der Waals surface area contributed by atoms with Gasteiger partial charge in [0.1, 0.15) is 0 Å². The van der Waals surface area contributed by atoms with Crippen molar-refractivity contribution < 1.29 is 4.74 Å². The van der Waals surface area contributed by atoms with Crippen molar-refractivity contribution >= 4 is 24.8 Å². The van der Waals surface area contributed by atoms with Crippen molar-refractivity contribution in [2.75, 3.05) is 33.3 Å². The molecule has 0 bridgehead atoms. The third kappa shape index (κ3) is 5.55. The van der Waals surface area contributed by atoms with Gasteiger partial charge in [-0.25, -0.2) is 0 Å². The summed E-state index contributed by atoms with van der Waals surface area (Å²) in [7, 11) is 1.97. The summed E-state index contributed by atoms with van der Waals surface area (Å²) in [6.45, 7) is 4.87. The van der Waals surface area contributed by atoms with Crippen LogP contribution in [0.5, 0.6) is 0 Å². The lowest BCUT2D eigenvalue weighted by atomic mass is 10.2. The fourth-order valence-electron chi connectivity index (χ4n) is 2.12. The van der Waals surface area contributed by atoms with E-state index in [1.165, 1.54) is 5.56 Å². The number of hydrogen-bond donors (Lipinski definition) is 1. The largest absolute Gasteiger partial charge is 0.374 e. The molecule has 1 aliphatic heterocycles. The Labute approximate surface area is 122 Å². The van der Waals surface area contributed by atoms with Crippen molar-refractivity contribution in [1.29, 1.82) is 0 Å². The summed E-state index contributed by atoms with van der Waals surface area (Å²) in [5.41, 5.74) is 1.38. The zero-order chi connectivity index (χ0) is 11.2. The first-order valence-electron chi connectivity index (χ1n) is 5.91. The highest BCUT2D eigenvalue weighted by molar-refractivity contribution is 5.85. The molecule has 1 unspecified atom stereocenters. The summed E-state index contributed by atoms with van der Waals surface area (Å²) in [6, 6.07) is 10.6. The summed E-state index contributed by atoms with van der Waals surface area (Å²) in [6.07, 6.45) is 0.336. The lowest BCUT2D eigenvalue weighted by Gasteiger charge is -2.32. The second-order valence-electron chi connectivity index (χ2n) is 4.27. The maximum Gasteiger partial charge on any atom is 0.0826 e. The summed E-state index contributed by atoms with van der Waals surface area (Å²) in [5.74, 6) is 0. The minimum absolute atomic E-state index is 0. The molecule has 1 N–H and O–H groups in total. The maximum atomic E-state index is 5.68. The van der Waals surface area contributed by atoms with Crippen LogP contribution in [0, 0.1) is 0 Å². The van der Waals surface area contributed by atoms with Gasteiger partial charge >= 0.3 is 0 Å². The van der Waals surface area contributed by atoms with Gasteiger partial charge in [-0.3, -0.25) is 4.90 Å². The van der Waals surface area contributed by atoms with Crippen LogP contribution in [0.4, 0.5) is 0 Å². The summed E-state index contributed by atoms with van der Waals surface area (Å²) < 4.78 is 5.68. The van der Waals surface area contributed by atoms with Gasteiger partial charge in [-0.2, -0.15) is 0 Å². The van der Waals surface area contributed by atoms with Crippen LogP contribution in [0.25, 0.3) is 0 Å². The number of nitrogens with zero attached hydrogens (tertiary/aromatic N) is 1. The molecule has 0 aromatic heterocycles. The minimum Gasteiger partial charge on any atom is -0.374 e. The lowest BCUT2D eigenvalue weighted by Crippen LogP contribution is -2.45. The Hall–Kier alpha value is -0.320. The van der Waals surface area contributed by atoms with Crippen LogP contribution in [-0.4, -0.2) is 44.3 Å². The molecule has 1 aromatic carbocycles. The van der Waals surface area contributed by atoms with Gasteiger partial charge < -0.3 is 10.1 Å². The maximum absolute atomic E-state index is 5.68. The van der Waals surface area contributed by atoms with Crippen LogP contribution in [0.3, 0.4) is 0 Å². The number of benzene rings is 1. The monoisotopic (exact) mass is 292 g/mol.